The highest BCUT2D eigenvalue weighted by atomic mass is 32.2. The van der Waals surface area contributed by atoms with E-state index in [0.717, 1.165) is 16.9 Å². The SMILES string of the molecule is CC(C)(C)C1Cc2ccc(F)c(F)c2Sc2ccccc21. The van der Waals surface area contributed by atoms with Crippen LogP contribution in [0.15, 0.2) is 46.2 Å². The van der Waals surface area contributed by atoms with Gasteiger partial charge in [-0.15, -0.1) is 0 Å². The summed E-state index contributed by atoms with van der Waals surface area (Å²) in [5.74, 6) is -1.21. The van der Waals surface area contributed by atoms with Gasteiger partial charge in [-0.3, -0.25) is 0 Å². The quantitative estimate of drug-likeness (QED) is 0.592. The van der Waals surface area contributed by atoms with E-state index in [1.807, 2.05) is 18.2 Å². The van der Waals surface area contributed by atoms with E-state index >= 15 is 0 Å². The molecule has 1 atom stereocenters. The predicted octanol–water partition coefficient (Wildman–Crippen LogP) is 5.80. The largest absolute Gasteiger partial charge is 0.204 e. The Bertz CT molecular complexity index is 686. The van der Waals surface area contributed by atoms with Crippen molar-refractivity contribution in [3.05, 3.63) is 59.2 Å². The molecule has 0 nitrogen and oxygen atoms in total. The van der Waals surface area contributed by atoms with Crippen molar-refractivity contribution in [3.63, 3.8) is 0 Å². The van der Waals surface area contributed by atoms with Crippen LogP contribution in [0.2, 0.25) is 0 Å². The second-order valence-corrected chi connectivity index (χ2v) is 7.66. The Hall–Kier alpha value is -1.35. The smallest absolute Gasteiger partial charge is 0.172 e. The van der Waals surface area contributed by atoms with Crippen LogP contribution in [-0.4, -0.2) is 0 Å². The van der Waals surface area contributed by atoms with E-state index in [1.54, 1.807) is 6.07 Å². The molecule has 1 aliphatic rings. The van der Waals surface area contributed by atoms with Crippen molar-refractivity contribution < 1.29 is 8.78 Å². The minimum Gasteiger partial charge on any atom is -0.204 e. The summed E-state index contributed by atoms with van der Waals surface area (Å²) in [5, 5.41) is 0. The van der Waals surface area contributed by atoms with Crippen molar-refractivity contribution in [3.8, 4) is 0 Å². The average molecular weight is 304 g/mol. The van der Waals surface area contributed by atoms with Crippen LogP contribution < -0.4 is 0 Å². The number of benzene rings is 2. The molecule has 0 N–H and O–H groups in total. The summed E-state index contributed by atoms with van der Waals surface area (Å²) in [6.07, 6.45) is 0.736. The van der Waals surface area contributed by atoms with Crippen LogP contribution in [-0.2, 0) is 6.42 Å². The summed E-state index contributed by atoms with van der Waals surface area (Å²) in [4.78, 5) is 1.47. The van der Waals surface area contributed by atoms with Crippen molar-refractivity contribution >= 4 is 11.8 Å². The van der Waals surface area contributed by atoms with Crippen LogP contribution in [0.25, 0.3) is 0 Å². The maximum Gasteiger partial charge on any atom is 0.172 e. The van der Waals surface area contributed by atoms with Gasteiger partial charge in [-0.1, -0.05) is 56.8 Å². The summed E-state index contributed by atoms with van der Waals surface area (Å²) in [6, 6.07) is 11.0. The van der Waals surface area contributed by atoms with Crippen molar-refractivity contribution in [2.75, 3.05) is 0 Å². The van der Waals surface area contributed by atoms with Crippen molar-refractivity contribution in [2.45, 2.75) is 42.9 Å². The van der Waals surface area contributed by atoms with E-state index in [1.165, 1.54) is 23.4 Å². The van der Waals surface area contributed by atoms with Gasteiger partial charge in [0.2, 0.25) is 0 Å². The lowest BCUT2D eigenvalue weighted by molar-refractivity contribution is 0.314. The zero-order valence-electron chi connectivity index (χ0n) is 12.4. The number of rotatable bonds is 0. The standard InChI is InChI=1S/C18H18F2S/c1-18(2,3)13-10-11-8-9-14(19)16(20)17(11)21-15-7-5-4-6-12(13)15/h4-9,13H,10H2,1-3H3. The molecule has 1 heterocycles. The molecule has 1 aliphatic heterocycles. The molecule has 1 unspecified atom stereocenters. The zero-order valence-corrected chi connectivity index (χ0v) is 13.2. The monoisotopic (exact) mass is 304 g/mol. The number of fused-ring (bicyclic) bond motifs is 2. The van der Waals surface area contributed by atoms with E-state index in [9.17, 15) is 8.78 Å². The predicted molar refractivity (Wildman–Crippen MR) is 82.8 cm³/mol. The number of hydrogen-bond donors (Lipinski definition) is 0. The molecule has 21 heavy (non-hydrogen) atoms. The normalized spacial score (nSPS) is 17.9. The number of hydrogen-bond acceptors (Lipinski definition) is 1. The van der Waals surface area contributed by atoms with Gasteiger partial charge in [-0.25, -0.2) is 8.78 Å². The van der Waals surface area contributed by atoms with Gasteiger partial charge in [0, 0.05) is 4.90 Å². The molecule has 0 saturated carbocycles. The Morgan fingerprint density at radius 3 is 2.48 bits per heavy atom. The van der Waals surface area contributed by atoms with E-state index in [2.05, 4.69) is 26.8 Å². The first-order valence-electron chi connectivity index (χ1n) is 7.11. The summed E-state index contributed by atoms with van der Waals surface area (Å²) >= 11 is 1.35. The maximum atomic E-state index is 14.2. The van der Waals surface area contributed by atoms with Crippen LogP contribution in [0.4, 0.5) is 8.78 Å². The summed E-state index contributed by atoms with van der Waals surface area (Å²) in [7, 11) is 0. The lowest BCUT2D eigenvalue weighted by atomic mass is 9.73. The van der Waals surface area contributed by atoms with Gasteiger partial charge in [0.15, 0.2) is 11.6 Å². The van der Waals surface area contributed by atoms with E-state index in [0.29, 0.717) is 4.90 Å². The Morgan fingerprint density at radius 1 is 1.05 bits per heavy atom. The van der Waals surface area contributed by atoms with E-state index in [-0.39, 0.29) is 11.3 Å². The van der Waals surface area contributed by atoms with Crippen LogP contribution in [0.5, 0.6) is 0 Å². The molecule has 110 valence electrons. The Labute approximate surface area is 128 Å². The first-order valence-corrected chi connectivity index (χ1v) is 7.93. The molecular formula is C18H18F2S. The molecular weight excluding hydrogens is 286 g/mol. The third-order valence-corrected chi connectivity index (χ3v) is 5.34. The van der Waals surface area contributed by atoms with Gasteiger partial charge < -0.3 is 0 Å². The van der Waals surface area contributed by atoms with Crippen LogP contribution in [0.1, 0.15) is 37.8 Å². The zero-order chi connectivity index (χ0) is 15.2. The fourth-order valence-electron chi connectivity index (χ4n) is 2.92. The molecule has 0 aromatic heterocycles. The molecule has 0 saturated heterocycles. The van der Waals surface area contributed by atoms with Crippen molar-refractivity contribution in [2.24, 2.45) is 5.41 Å². The van der Waals surface area contributed by atoms with Crippen LogP contribution >= 0.6 is 11.8 Å². The minimum atomic E-state index is -0.770. The van der Waals surface area contributed by atoms with Crippen molar-refractivity contribution in [1.29, 1.82) is 0 Å². The Morgan fingerprint density at radius 2 is 1.76 bits per heavy atom. The molecule has 0 spiro atoms. The van der Waals surface area contributed by atoms with Gasteiger partial charge >= 0.3 is 0 Å². The first-order chi connectivity index (χ1) is 9.88. The highest BCUT2D eigenvalue weighted by molar-refractivity contribution is 7.99. The first kappa shape index (κ1) is 14.6. The fourth-order valence-corrected chi connectivity index (χ4v) is 4.08. The van der Waals surface area contributed by atoms with Gasteiger partial charge in [0.1, 0.15) is 0 Å². The Balaban J connectivity index is 2.22. The molecule has 0 fully saturated rings. The second kappa shape index (κ2) is 5.13. The average Bonchev–Trinajstić information content (AvgIpc) is 2.60. The van der Waals surface area contributed by atoms with Crippen LogP contribution in [0, 0.1) is 17.0 Å². The van der Waals surface area contributed by atoms with Gasteiger partial charge in [0.25, 0.3) is 0 Å². The summed E-state index contributed by atoms with van der Waals surface area (Å²) in [5.41, 5.74) is 2.18. The molecule has 2 aromatic carbocycles. The summed E-state index contributed by atoms with van der Waals surface area (Å²) in [6.45, 7) is 6.60. The lowest BCUT2D eigenvalue weighted by Gasteiger charge is -2.31. The molecule has 0 aliphatic carbocycles. The highest BCUT2D eigenvalue weighted by Crippen LogP contribution is 2.48. The topological polar surface area (TPSA) is 0 Å². The molecule has 0 amide bonds. The molecule has 0 bridgehead atoms. The van der Waals surface area contributed by atoms with Gasteiger partial charge in [-0.05, 0) is 41.0 Å². The third kappa shape index (κ3) is 2.59. The second-order valence-electron chi connectivity index (χ2n) is 6.61. The van der Waals surface area contributed by atoms with E-state index < -0.39 is 11.6 Å². The number of halogens is 2. The highest BCUT2D eigenvalue weighted by Gasteiger charge is 2.32. The molecule has 0 radical (unpaired) electrons. The maximum absolute atomic E-state index is 14.2. The van der Waals surface area contributed by atoms with Crippen molar-refractivity contribution in [1.82, 2.24) is 0 Å². The van der Waals surface area contributed by atoms with Gasteiger partial charge in [0.05, 0.1) is 4.90 Å². The minimum absolute atomic E-state index is 0.0587. The molecule has 3 heteroatoms. The molecule has 2 aromatic rings. The fraction of sp³-hybridized carbons (Fsp3) is 0.333. The third-order valence-electron chi connectivity index (χ3n) is 4.11. The summed E-state index contributed by atoms with van der Waals surface area (Å²) < 4.78 is 27.7. The lowest BCUT2D eigenvalue weighted by Crippen LogP contribution is -2.20. The van der Waals surface area contributed by atoms with Gasteiger partial charge in [-0.2, -0.15) is 0 Å². The Kier molecular flexibility index (Phi) is 3.56. The molecule has 3 rings (SSSR count). The van der Waals surface area contributed by atoms with E-state index in [4.69, 9.17) is 0 Å². The van der Waals surface area contributed by atoms with Crippen LogP contribution in [0.3, 0.4) is 0 Å².